The molecule has 0 spiro atoms. The minimum Gasteiger partial charge on any atom is -0.469 e. The van der Waals surface area contributed by atoms with Gasteiger partial charge in [-0.25, -0.2) is 0 Å². The van der Waals surface area contributed by atoms with E-state index in [0.29, 0.717) is 33.3 Å². The quantitative estimate of drug-likeness (QED) is 0.489. The van der Waals surface area contributed by atoms with E-state index >= 15 is 0 Å². The molecule has 10 heteroatoms. The van der Waals surface area contributed by atoms with Gasteiger partial charge in [-0.1, -0.05) is 35.0 Å². The van der Waals surface area contributed by atoms with Gasteiger partial charge in [-0.05, 0) is 44.0 Å². The fraction of sp³-hybridized carbons (Fsp3) is 0.350. The summed E-state index contributed by atoms with van der Waals surface area (Å²) < 4.78 is 13.2. The van der Waals surface area contributed by atoms with Gasteiger partial charge >= 0.3 is 0 Å². The number of hydrogen-bond acceptors (Lipinski definition) is 6. The molecule has 1 atom stereocenters. The minimum absolute atomic E-state index is 0.105. The van der Waals surface area contributed by atoms with Crippen molar-refractivity contribution >= 4 is 46.6 Å². The van der Waals surface area contributed by atoms with Crippen molar-refractivity contribution in [3.05, 3.63) is 46.3 Å². The van der Waals surface area contributed by atoms with Crippen molar-refractivity contribution in [1.82, 2.24) is 14.8 Å². The van der Waals surface area contributed by atoms with E-state index in [1.54, 1.807) is 24.5 Å². The SMILES string of the molecule is Cc1occc1-c1nnc(SCC(=O)Nc2ccc(Cl)cc2Cl)n1CC1CCCO1. The van der Waals surface area contributed by atoms with E-state index in [1.807, 2.05) is 17.6 Å². The summed E-state index contributed by atoms with van der Waals surface area (Å²) in [6, 6.07) is 6.81. The lowest BCUT2D eigenvalue weighted by Gasteiger charge is -2.14. The van der Waals surface area contributed by atoms with Gasteiger partial charge in [0.1, 0.15) is 5.76 Å². The van der Waals surface area contributed by atoms with E-state index in [2.05, 4.69) is 15.5 Å². The van der Waals surface area contributed by atoms with Crippen LogP contribution in [-0.2, 0) is 16.1 Å². The number of furan rings is 1. The summed E-state index contributed by atoms with van der Waals surface area (Å²) in [5.41, 5.74) is 1.40. The smallest absolute Gasteiger partial charge is 0.234 e. The molecule has 2 aromatic heterocycles. The Bertz CT molecular complexity index is 1050. The van der Waals surface area contributed by atoms with Crippen molar-refractivity contribution in [3.8, 4) is 11.4 Å². The lowest BCUT2D eigenvalue weighted by Crippen LogP contribution is -2.18. The number of nitrogens with zero attached hydrogens (tertiary/aromatic N) is 3. The predicted molar refractivity (Wildman–Crippen MR) is 117 cm³/mol. The topological polar surface area (TPSA) is 82.2 Å². The standard InChI is InChI=1S/C20H20Cl2N4O3S/c1-12-15(6-8-28-12)19-24-25-20(26(19)10-14-3-2-7-29-14)30-11-18(27)23-17-5-4-13(21)9-16(17)22/h4-6,8-9,14H,2-3,7,10-11H2,1H3,(H,23,27). The highest BCUT2D eigenvalue weighted by atomic mass is 35.5. The van der Waals surface area contributed by atoms with Gasteiger partial charge in [-0.3, -0.25) is 9.36 Å². The van der Waals surface area contributed by atoms with E-state index in [1.165, 1.54) is 11.8 Å². The van der Waals surface area contributed by atoms with E-state index in [4.69, 9.17) is 32.4 Å². The molecule has 1 fully saturated rings. The molecule has 1 unspecified atom stereocenters. The highest BCUT2D eigenvalue weighted by molar-refractivity contribution is 7.99. The van der Waals surface area contributed by atoms with Crippen molar-refractivity contribution in [2.75, 3.05) is 17.7 Å². The highest BCUT2D eigenvalue weighted by Gasteiger charge is 2.23. The Labute approximate surface area is 188 Å². The number of anilines is 1. The van der Waals surface area contributed by atoms with E-state index in [0.717, 1.165) is 30.8 Å². The number of thioether (sulfide) groups is 1. The summed E-state index contributed by atoms with van der Waals surface area (Å²) in [7, 11) is 0. The van der Waals surface area contributed by atoms with Crippen LogP contribution in [0.15, 0.2) is 40.1 Å². The molecular formula is C20H20Cl2N4O3S. The second-order valence-electron chi connectivity index (χ2n) is 6.90. The van der Waals surface area contributed by atoms with Gasteiger partial charge in [-0.2, -0.15) is 0 Å². The van der Waals surface area contributed by atoms with Crippen LogP contribution in [0.25, 0.3) is 11.4 Å². The summed E-state index contributed by atoms with van der Waals surface area (Å²) in [5.74, 6) is 1.44. The number of rotatable bonds is 7. The molecule has 7 nitrogen and oxygen atoms in total. The molecule has 0 radical (unpaired) electrons. The third-order valence-electron chi connectivity index (χ3n) is 4.76. The number of hydrogen-bond donors (Lipinski definition) is 1. The van der Waals surface area contributed by atoms with Crippen LogP contribution in [0.1, 0.15) is 18.6 Å². The van der Waals surface area contributed by atoms with Gasteiger partial charge in [-0.15, -0.1) is 10.2 Å². The number of carbonyl (C=O) groups is 1. The number of aromatic nitrogens is 3. The summed E-state index contributed by atoms with van der Waals surface area (Å²) >= 11 is 13.3. The molecule has 1 saturated heterocycles. The number of carbonyl (C=O) groups excluding carboxylic acids is 1. The molecule has 1 N–H and O–H groups in total. The third-order valence-corrected chi connectivity index (χ3v) is 6.28. The largest absolute Gasteiger partial charge is 0.469 e. The average Bonchev–Trinajstić information content (AvgIpc) is 3.45. The molecule has 4 rings (SSSR count). The minimum atomic E-state index is -0.197. The van der Waals surface area contributed by atoms with Gasteiger partial charge in [0.2, 0.25) is 5.91 Å². The first-order valence-corrected chi connectivity index (χ1v) is 11.2. The zero-order valence-corrected chi connectivity index (χ0v) is 18.6. The van der Waals surface area contributed by atoms with Gasteiger partial charge in [0.05, 0.1) is 40.9 Å². The van der Waals surface area contributed by atoms with Crippen LogP contribution in [-0.4, -0.2) is 39.1 Å². The molecule has 158 valence electrons. The summed E-state index contributed by atoms with van der Waals surface area (Å²) in [6.07, 6.45) is 3.76. The maximum atomic E-state index is 12.4. The van der Waals surface area contributed by atoms with Gasteiger partial charge in [0, 0.05) is 11.6 Å². The molecule has 1 aliphatic rings. The molecule has 0 bridgehead atoms. The van der Waals surface area contributed by atoms with Crippen LogP contribution >= 0.6 is 35.0 Å². The van der Waals surface area contributed by atoms with Gasteiger partial charge < -0.3 is 14.5 Å². The number of nitrogens with one attached hydrogen (secondary N) is 1. The van der Waals surface area contributed by atoms with Crippen molar-refractivity contribution in [2.24, 2.45) is 0 Å². The Hall–Kier alpha value is -2.00. The molecule has 3 heterocycles. The zero-order valence-electron chi connectivity index (χ0n) is 16.2. The Morgan fingerprint density at radius 2 is 2.20 bits per heavy atom. The van der Waals surface area contributed by atoms with Crippen LogP contribution in [0, 0.1) is 6.92 Å². The number of benzene rings is 1. The van der Waals surface area contributed by atoms with Crippen LogP contribution in [0.5, 0.6) is 0 Å². The Balaban J connectivity index is 1.49. The van der Waals surface area contributed by atoms with Crippen LogP contribution in [0.2, 0.25) is 10.0 Å². The van der Waals surface area contributed by atoms with Crippen LogP contribution < -0.4 is 5.32 Å². The monoisotopic (exact) mass is 466 g/mol. The molecule has 0 saturated carbocycles. The number of ether oxygens (including phenoxy) is 1. The zero-order chi connectivity index (χ0) is 21.1. The maximum Gasteiger partial charge on any atom is 0.234 e. The molecule has 0 aliphatic carbocycles. The first-order valence-electron chi connectivity index (χ1n) is 9.48. The fourth-order valence-electron chi connectivity index (χ4n) is 3.28. The second kappa shape index (κ2) is 9.43. The first kappa shape index (κ1) is 21.2. The van der Waals surface area contributed by atoms with Gasteiger partial charge in [0.15, 0.2) is 11.0 Å². The second-order valence-corrected chi connectivity index (χ2v) is 8.69. The normalized spacial score (nSPS) is 16.2. The molecule has 3 aromatic rings. The fourth-order valence-corrected chi connectivity index (χ4v) is 4.48. The first-order chi connectivity index (χ1) is 14.5. The Morgan fingerprint density at radius 1 is 1.33 bits per heavy atom. The van der Waals surface area contributed by atoms with Crippen LogP contribution in [0.3, 0.4) is 0 Å². The lowest BCUT2D eigenvalue weighted by molar-refractivity contribution is -0.113. The van der Waals surface area contributed by atoms with Crippen molar-refractivity contribution in [2.45, 2.75) is 37.6 Å². The van der Waals surface area contributed by atoms with E-state index in [9.17, 15) is 4.79 Å². The van der Waals surface area contributed by atoms with Crippen molar-refractivity contribution in [3.63, 3.8) is 0 Å². The molecule has 1 aliphatic heterocycles. The maximum absolute atomic E-state index is 12.4. The summed E-state index contributed by atoms with van der Waals surface area (Å²) in [5, 5.41) is 13.0. The highest BCUT2D eigenvalue weighted by Crippen LogP contribution is 2.29. The third kappa shape index (κ3) is 4.83. The lowest BCUT2D eigenvalue weighted by atomic mass is 10.2. The van der Waals surface area contributed by atoms with E-state index < -0.39 is 0 Å². The number of amides is 1. The van der Waals surface area contributed by atoms with Gasteiger partial charge in [0.25, 0.3) is 0 Å². The summed E-state index contributed by atoms with van der Waals surface area (Å²) in [4.78, 5) is 12.4. The summed E-state index contributed by atoms with van der Waals surface area (Å²) in [6.45, 7) is 3.27. The van der Waals surface area contributed by atoms with Crippen molar-refractivity contribution in [1.29, 1.82) is 0 Å². The molecule has 1 aromatic carbocycles. The molecular weight excluding hydrogens is 447 g/mol. The average molecular weight is 467 g/mol. The predicted octanol–water partition coefficient (Wildman–Crippen LogP) is 5.06. The number of halogens is 2. The number of aryl methyl sites for hydroxylation is 1. The Morgan fingerprint density at radius 3 is 2.90 bits per heavy atom. The Kier molecular flexibility index (Phi) is 6.67. The van der Waals surface area contributed by atoms with Crippen LogP contribution in [0.4, 0.5) is 5.69 Å². The van der Waals surface area contributed by atoms with E-state index in [-0.39, 0.29) is 17.8 Å². The molecule has 1 amide bonds. The molecule has 30 heavy (non-hydrogen) atoms. The van der Waals surface area contributed by atoms with Crippen molar-refractivity contribution < 1.29 is 13.9 Å².